The van der Waals surface area contributed by atoms with E-state index in [0.717, 1.165) is 18.4 Å². The molecule has 0 saturated carbocycles. The number of ether oxygens (including phenoxy) is 1. The normalized spacial score (nSPS) is 24.0. The number of amides is 3. The Hall–Kier alpha value is -3.06. The van der Waals surface area contributed by atoms with Gasteiger partial charge < -0.3 is 9.64 Å². The third-order valence-corrected chi connectivity index (χ3v) is 6.34. The van der Waals surface area contributed by atoms with Crippen molar-refractivity contribution in [3.63, 3.8) is 0 Å². The van der Waals surface area contributed by atoms with Crippen LogP contribution in [0.15, 0.2) is 54.9 Å². The van der Waals surface area contributed by atoms with Gasteiger partial charge in [0.2, 0.25) is 17.7 Å². The largest absolute Gasteiger partial charge is 0.380 e. The number of rotatable bonds is 6. The lowest BCUT2D eigenvalue weighted by molar-refractivity contribution is -0.144. The Kier molecular flexibility index (Phi) is 6.13. The van der Waals surface area contributed by atoms with E-state index in [4.69, 9.17) is 4.74 Å². The molecule has 1 aromatic heterocycles. The maximum absolute atomic E-state index is 13.7. The zero-order valence-electron chi connectivity index (χ0n) is 17.7. The molecule has 7 nitrogen and oxygen atoms in total. The molecule has 0 spiro atoms. The van der Waals surface area contributed by atoms with E-state index >= 15 is 0 Å². The van der Waals surface area contributed by atoms with Crippen molar-refractivity contribution in [2.45, 2.75) is 43.7 Å². The molecule has 2 aliphatic heterocycles. The quantitative estimate of drug-likeness (QED) is 0.669. The third kappa shape index (κ3) is 4.23. The van der Waals surface area contributed by atoms with Crippen LogP contribution in [0, 0.1) is 0 Å². The number of benzene rings is 1. The number of likely N-dealkylation sites (tertiary alicyclic amines) is 2. The van der Waals surface area contributed by atoms with Crippen LogP contribution in [0.4, 0.5) is 0 Å². The summed E-state index contributed by atoms with van der Waals surface area (Å²) in [5.41, 5.74) is 0.354. The number of pyridine rings is 1. The van der Waals surface area contributed by atoms with Crippen molar-refractivity contribution in [3.05, 3.63) is 66.0 Å². The van der Waals surface area contributed by atoms with E-state index in [0.29, 0.717) is 18.7 Å². The van der Waals surface area contributed by atoms with Gasteiger partial charge >= 0.3 is 0 Å². The number of methoxy groups -OCH3 is 1. The van der Waals surface area contributed by atoms with Crippen molar-refractivity contribution in [3.8, 4) is 0 Å². The molecular formula is C24H27N3O4. The minimum Gasteiger partial charge on any atom is -0.380 e. The number of nitrogens with zero attached hydrogens (tertiary/aromatic N) is 3. The summed E-state index contributed by atoms with van der Waals surface area (Å²) in [4.78, 5) is 47.0. The van der Waals surface area contributed by atoms with Gasteiger partial charge in [0.15, 0.2) is 0 Å². The minimum absolute atomic E-state index is 0.00574. The second-order valence-electron chi connectivity index (χ2n) is 8.28. The monoisotopic (exact) mass is 421 g/mol. The molecule has 2 aliphatic rings. The summed E-state index contributed by atoms with van der Waals surface area (Å²) in [5, 5.41) is 0. The molecule has 2 fully saturated rings. The average molecular weight is 421 g/mol. The number of piperidine rings is 1. The molecule has 162 valence electrons. The fraction of sp³-hybridized carbons (Fsp3) is 0.417. The summed E-state index contributed by atoms with van der Waals surface area (Å²) >= 11 is 0. The van der Waals surface area contributed by atoms with Crippen LogP contribution in [-0.4, -0.2) is 58.8 Å². The van der Waals surface area contributed by atoms with Crippen LogP contribution in [0.3, 0.4) is 0 Å². The zero-order valence-corrected chi connectivity index (χ0v) is 17.7. The first-order valence-electron chi connectivity index (χ1n) is 10.6. The Morgan fingerprint density at radius 3 is 2.61 bits per heavy atom. The highest BCUT2D eigenvalue weighted by Gasteiger charge is 2.54. The number of hydrogen-bond acceptors (Lipinski definition) is 5. The Labute approximate surface area is 182 Å². The SMILES string of the molecule is COC1CCCN(C(=O)CC2(c3ccccc3)CC(=O)N(Cc3ccncc3)C2=O)C1. The predicted molar refractivity (Wildman–Crippen MR) is 114 cm³/mol. The zero-order chi connectivity index (χ0) is 21.8. The van der Waals surface area contributed by atoms with Gasteiger partial charge in [-0.2, -0.15) is 0 Å². The Balaban J connectivity index is 1.62. The van der Waals surface area contributed by atoms with Crippen molar-refractivity contribution >= 4 is 17.7 Å². The summed E-state index contributed by atoms with van der Waals surface area (Å²) in [6, 6.07) is 12.8. The van der Waals surface area contributed by atoms with E-state index < -0.39 is 5.41 Å². The van der Waals surface area contributed by atoms with Crippen molar-refractivity contribution in [2.75, 3.05) is 20.2 Å². The highest BCUT2D eigenvalue weighted by molar-refractivity contribution is 6.10. The van der Waals surface area contributed by atoms with Gasteiger partial charge in [-0.15, -0.1) is 0 Å². The number of imide groups is 1. The van der Waals surface area contributed by atoms with Crippen molar-refractivity contribution in [1.82, 2.24) is 14.8 Å². The molecule has 0 N–H and O–H groups in total. The highest BCUT2D eigenvalue weighted by atomic mass is 16.5. The summed E-state index contributed by atoms with van der Waals surface area (Å²) in [6.07, 6.45) is 5.03. The van der Waals surface area contributed by atoms with Crippen LogP contribution in [0.2, 0.25) is 0 Å². The molecule has 1 aromatic carbocycles. The molecular weight excluding hydrogens is 394 g/mol. The van der Waals surface area contributed by atoms with Gasteiger partial charge in [-0.05, 0) is 36.1 Å². The fourth-order valence-corrected chi connectivity index (χ4v) is 4.58. The van der Waals surface area contributed by atoms with Gasteiger partial charge in [0.1, 0.15) is 0 Å². The van der Waals surface area contributed by atoms with Gasteiger partial charge in [-0.3, -0.25) is 24.3 Å². The molecule has 2 aromatic rings. The van der Waals surface area contributed by atoms with E-state index in [1.54, 1.807) is 36.5 Å². The first-order chi connectivity index (χ1) is 15.0. The van der Waals surface area contributed by atoms with E-state index in [-0.39, 0.29) is 43.2 Å². The Morgan fingerprint density at radius 2 is 1.90 bits per heavy atom. The van der Waals surface area contributed by atoms with Crippen molar-refractivity contribution in [1.29, 1.82) is 0 Å². The van der Waals surface area contributed by atoms with E-state index in [9.17, 15) is 14.4 Å². The molecule has 2 unspecified atom stereocenters. The van der Waals surface area contributed by atoms with Gasteiger partial charge in [-0.1, -0.05) is 30.3 Å². The second kappa shape index (κ2) is 8.98. The molecule has 0 aliphatic carbocycles. The lowest BCUT2D eigenvalue weighted by Gasteiger charge is -2.35. The van der Waals surface area contributed by atoms with Crippen molar-refractivity contribution < 1.29 is 19.1 Å². The second-order valence-corrected chi connectivity index (χ2v) is 8.28. The Bertz CT molecular complexity index is 950. The fourth-order valence-electron chi connectivity index (χ4n) is 4.58. The number of aromatic nitrogens is 1. The smallest absolute Gasteiger partial charge is 0.241 e. The van der Waals surface area contributed by atoms with E-state index in [1.807, 2.05) is 30.3 Å². The Morgan fingerprint density at radius 1 is 1.16 bits per heavy atom. The van der Waals surface area contributed by atoms with Crippen LogP contribution in [0.1, 0.15) is 36.8 Å². The molecule has 31 heavy (non-hydrogen) atoms. The first-order valence-corrected chi connectivity index (χ1v) is 10.6. The molecule has 3 amide bonds. The molecule has 4 rings (SSSR count). The minimum atomic E-state index is -1.18. The summed E-state index contributed by atoms with van der Waals surface area (Å²) < 4.78 is 5.44. The molecule has 2 atom stereocenters. The van der Waals surface area contributed by atoms with Crippen LogP contribution >= 0.6 is 0 Å². The number of hydrogen-bond donors (Lipinski definition) is 0. The first kappa shape index (κ1) is 21.2. The van der Waals surface area contributed by atoms with E-state index in [1.165, 1.54) is 4.90 Å². The lowest BCUT2D eigenvalue weighted by Crippen LogP contribution is -2.47. The third-order valence-electron chi connectivity index (χ3n) is 6.34. The maximum atomic E-state index is 13.7. The van der Waals surface area contributed by atoms with Crippen LogP contribution in [-0.2, 0) is 31.1 Å². The topological polar surface area (TPSA) is 79.8 Å². The molecule has 0 radical (unpaired) electrons. The summed E-state index contributed by atoms with van der Waals surface area (Å²) in [7, 11) is 1.65. The van der Waals surface area contributed by atoms with Crippen molar-refractivity contribution in [2.24, 2.45) is 0 Å². The number of carbonyl (C=O) groups is 3. The average Bonchev–Trinajstić information content (AvgIpc) is 3.05. The maximum Gasteiger partial charge on any atom is 0.241 e. The predicted octanol–water partition coefficient (Wildman–Crippen LogP) is 2.31. The van der Waals surface area contributed by atoms with Crippen LogP contribution in [0.5, 0.6) is 0 Å². The van der Waals surface area contributed by atoms with Crippen LogP contribution in [0.25, 0.3) is 0 Å². The van der Waals surface area contributed by atoms with Gasteiger partial charge in [0.25, 0.3) is 0 Å². The molecule has 3 heterocycles. The molecule has 2 saturated heterocycles. The summed E-state index contributed by atoms with van der Waals surface area (Å²) in [6.45, 7) is 1.34. The number of carbonyl (C=O) groups excluding carboxylic acids is 3. The van der Waals surface area contributed by atoms with Gasteiger partial charge in [0, 0.05) is 45.4 Å². The summed E-state index contributed by atoms with van der Waals surface area (Å²) in [5.74, 6) is -0.682. The van der Waals surface area contributed by atoms with E-state index in [2.05, 4.69) is 4.98 Å². The molecule has 7 heteroatoms. The molecule has 0 bridgehead atoms. The van der Waals surface area contributed by atoms with Crippen LogP contribution < -0.4 is 0 Å². The lowest BCUT2D eigenvalue weighted by atomic mass is 9.75. The van der Waals surface area contributed by atoms with Gasteiger partial charge in [0.05, 0.1) is 18.1 Å². The van der Waals surface area contributed by atoms with Gasteiger partial charge in [-0.25, -0.2) is 0 Å². The standard InChI is InChI=1S/C24H27N3O4/c1-31-20-8-5-13-26(17-20)21(28)14-24(19-6-3-2-4-7-19)15-22(29)27(23(24)30)16-18-9-11-25-12-10-18/h2-4,6-7,9-12,20H,5,8,13-17H2,1H3. The highest BCUT2D eigenvalue weighted by Crippen LogP contribution is 2.41.